The second kappa shape index (κ2) is 1.95. The number of aliphatic hydroxyl groups is 1. The molecule has 1 saturated carbocycles. The molecule has 0 aliphatic heterocycles. The van der Waals surface area contributed by atoms with E-state index in [0.29, 0.717) is 5.92 Å². The maximum absolute atomic E-state index is 10.4. The van der Waals surface area contributed by atoms with Crippen molar-refractivity contribution < 1.29 is 5.11 Å². The minimum atomic E-state index is -0.449. The highest BCUT2D eigenvalue weighted by atomic mass is 16.3. The summed E-state index contributed by atoms with van der Waals surface area (Å²) in [6.07, 6.45) is 2.36. The summed E-state index contributed by atoms with van der Waals surface area (Å²) < 4.78 is 0. The summed E-state index contributed by atoms with van der Waals surface area (Å²) in [6, 6.07) is 0. The van der Waals surface area contributed by atoms with Crippen LogP contribution in [0.2, 0.25) is 0 Å². The topological polar surface area (TPSA) is 20.2 Å². The van der Waals surface area contributed by atoms with E-state index < -0.39 is 5.60 Å². The number of rotatable bonds is 0. The Balaban J connectivity index is 2.44. The zero-order chi connectivity index (χ0) is 9.15. The van der Waals surface area contributed by atoms with Gasteiger partial charge in [0.25, 0.3) is 0 Å². The van der Waals surface area contributed by atoms with Gasteiger partial charge in [-0.05, 0) is 32.3 Å². The molecule has 68 valence electrons. The Bertz CT molecular complexity index is 262. The molecule has 1 heteroatoms. The summed E-state index contributed by atoms with van der Waals surface area (Å²) in [6.45, 7) is 8.60. The minimum Gasteiger partial charge on any atom is -0.385 e. The van der Waals surface area contributed by atoms with Gasteiger partial charge in [0.1, 0.15) is 0 Å². The van der Waals surface area contributed by atoms with Crippen molar-refractivity contribution in [2.45, 2.75) is 46.1 Å². The number of hydrogen-bond donors (Lipinski definition) is 1. The van der Waals surface area contributed by atoms with Crippen LogP contribution >= 0.6 is 0 Å². The lowest BCUT2D eigenvalue weighted by Crippen LogP contribution is -2.21. The quantitative estimate of drug-likeness (QED) is 0.548. The maximum atomic E-state index is 10.4. The predicted octanol–water partition coefficient (Wildman–Crippen LogP) is 2.50. The van der Waals surface area contributed by atoms with Crippen LogP contribution in [0.4, 0.5) is 0 Å². The maximum Gasteiger partial charge on any atom is 0.0945 e. The third kappa shape index (κ3) is 0.646. The van der Waals surface area contributed by atoms with Gasteiger partial charge in [0.2, 0.25) is 0 Å². The number of hydrogen-bond acceptors (Lipinski definition) is 1. The van der Waals surface area contributed by atoms with Crippen molar-refractivity contribution in [3.63, 3.8) is 0 Å². The highest BCUT2D eigenvalue weighted by Gasteiger charge is 2.71. The fourth-order valence-corrected chi connectivity index (χ4v) is 3.03. The number of allylic oxidation sites excluding steroid dienone is 1. The van der Waals surface area contributed by atoms with Crippen LogP contribution in [0.5, 0.6) is 0 Å². The Kier molecular flexibility index (Phi) is 1.35. The second-order valence-electron chi connectivity index (χ2n) is 4.98. The molecule has 0 saturated heterocycles. The first-order valence-electron chi connectivity index (χ1n) is 4.81. The van der Waals surface area contributed by atoms with Crippen LogP contribution in [0.15, 0.2) is 11.1 Å². The molecule has 0 radical (unpaired) electrons. The summed E-state index contributed by atoms with van der Waals surface area (Å²) in [4.78, 5) is 0. The third-order valence-electron chi connectivity index (χ3n) is 4.29. The summed E-state index contributed by atoms with van der Waals surface area (Å²) in [5, 5.41) is 10.4. The van der Waals surface area contributed by atoms with E-state index in [1.165, 1.54) is 24.0 Å². The molecule has 1 N–H and O–H groups in total. The molecule has 2 aliphatic carbocycles. The molecule has 0 aromatic heterocycles. The van der Waals surface area contributed by atoms with Crippen LogP contribution in [0.1, 0.15) is 40.5 Å². The normalized spacial score (nSPS) is 44.2. The van der Waals surface area contributed by atoms with Crippen LogP contribution in [0.25, 0.3) is 0 Å². The summed E-state index contributed by atoms with van der Waals surface area (Å²) in [7, 11) is 0. The van der Waals surface area contributed by atoms with E-state index in [0.717, 1.165) is 0 Å². The molecule has 2 unspecified atom stereocenters. The van der Waals surface area contributed by atoms with Crippen LogP contribution in [-0.2, 0) is 0 Å². The monoisotopic (exact) mass is 166 g/mol. The van der Waals surface area contributed by atoms with Gasteiger partial charge in [0.05, 0.1) is 5.60 Å². The SMILES string of the molecule is CC1=C(C)C2(O)C(CC1)C2(C)C. The van der Waals surface area contributed by atoms with E-state index in [4.69, 9.17) is 0 Å². The molecule has 0 amide bonds. The van der Waals surface area contributed by atoms with Gasteiger partial charge in [0.15, 0.2) is 0 Å². The average molecular weight is 166 g/mol. The predicted molar refractivity (Wildman–Crippen MR) is 49.8 cm³/mol. The first-order chi connectivity index (χ1) is 5.42. The van der Waals surface area contributed by atoms with Crippen LogP contribution in [0, 0.1) is 11.3 Å². The lowest BCUT2D eigenvalue weighted by Gasteiger charge is -2.21. The molecule has 2 atom stereocenters. The molecule has 0 heterocycles. The molecule has 1 fully saturated rings. The molecule has 2 aliphatic rings. The highest BCUT2D eigenvalue weighted by molar-refractivity contribution is 5.40. The Labute approximate surface area is 74.5 Å². The lowest BCUT2D eigenvalue weighted by molar-refractivity contribution is 0.133. The molecule has 1 nitrogen and oxygen atoms in total. The van der Waals surface area contributed by atoms with Crippen molar-refractivity contribution in [3.8, 4) is 0 Å². The molecular formula is C11H18O. The largest absolute Gasteiger partial charge is 0.385 e. The first-order valence-corrected chi connectivity index (χ1v) is 4.81. The average Bonchev–Trinajstić information content (AvgIpc) is 2.42. The van der Waals surface area contributed by atoms with Crippen molar-refractivity contribution >= 4 is 0 Å². The fourth-order valence-electron chi connectivity index (χ4n) is 3.03. The molecule has 0 spiro atoms. The Morgan fingerprint density at radius 1 is 1.33 bits per heavy atom. The molecule has 0 aromatic carbocycles. The van der Waals surface area contributed by atoms with Crippen LogP contribution in [-0.4, -0.2) is 10.7 Å². The van der Waals surface area contributed by atoms with Crippen LogP contribution in [0.3, 0.4) is 0 Å². The summed E-state index contributed by atoms with van der Waals surface area (Å²) >= 11 is 0. The van der Waals surface area contributed by atoms with Gasteiger partial charge >= 0.3 is 0 Å². The van der Waals surface area contributed by atoms with E-state index in [2.05, 4.69) is 27.7 Å². The lowest BCUT2D eigenvalue weighted by atomic mass is 9.91. The van der Waals surface area contributed by atoms with Crippen molar-refractivity contribution in [3.05, 3.63) is 11.1 Å². The van der Waals surface area contributed by atoms with Crippen molar-refractivity contribution in [2.24, 2.45) is 11.3 Å². The minimum absolute atomic E-state index is 0.134. The molecule has 0 aromatic rings. The van der Waals surface area contributed by atoms with E-state index in [1.54, 1.807) is 0 Å². The smallest absolute Gasteiger partial charge is 0.0945 e. The Morgan fingerprint density at radius 3 is 2.42 bits per heavy atom. The first kappa shape index (κ1) is 8.31. The second-order valence-corrected chi connectivity index (χ2v) is 4.98. The van der Waals surface area contributed by atoms with E-state index in [9.17, 15) is 5.11 Å². The zero-order valence-electron chi connectivity index (χ0n) is 8.44. The third-order valence-corrected chi connectivity index (χ3v) is 4.29. The summed E-state index contributed by atoms with van der Waals surface area (Å²) in [5.74, 6) is 0.522. The van der Waals surface area contributed by atoms with Gasteiger partial charge in [-0.25, -0.2) is 0 Å². The molecule has 0 bridgehead atoms. The van der Waals surface area contributed by atoms with Crippen molar-refractivity contribution in [1.82, 2.24) is 0 Å². The molecule has 2 rings (SSSR count). The summed E-state index contributed by atoms with van der Waals surface area (Å²) in [5.41, 5.74) is 2.33. The Morgan fingerprint density at radius 2 is 1.92 bits per heavy atom. The fraction of sp³-hybridized carbons (Fsp3) is 0.818. The van der Waals surface area contributed by atoms with Gasteiger partial charge in [-0.15, -0.1) is 0 Å². The number of fused-ring (bicyclic) bond motifs is 1. The standard InChI is InChI=1S/C11H18O/c1-7-5-6-9-10(3,4)11(9,12)8(7)2/h9,12H,5-6H2,1-4H3. The van der Waals surface area contributed by atoms with E-state index in [1.807, 2.05) is 0 Å². The zero-order valence-corrected chi connectivity index (χ0v) is 8.44. The van der Waals surface area contributed by atoms with Gasteiger partial charge in [-0.2, -0.15) is 0 Å². The van der Waals surface area contributed by atoms with E-state index >= 15 is 0 Å². The van der Waals surface area contributed by atoms with Gasteiger partial charge < -0.3 is 5.11 Å². The van der Waals surface area contributed by atoms with Gasteiger partial charge in [-0.3, -0.25) is 0 Å². The van der Waals surface area contributed by atoms with Crippen LogP contribution < -0.4 is 0 Å². The molecule has 12 heavy (non-hydrogen) atoms. The molecular weight excluding hydrogens is 148 g/mol. The van der Waals surface area contributed by atoms with Gasteiger partial charge in [0, 0.05) is 11.3 Å². The van der Waals surface area contributed by atoms with Crippen molar-refractivity contribution in [1.29, 1.82) is 0 Å². The highest BCUT2D eigenvalue weighted by Crippen LogP contribution is 2.69. The van der Waals surface area contributed by atoms with Crippen molar-refractivity contribution in [2.75, 3.05) is 0 Å². The Hall–Kier alpha value is -0.300. The van der Waals surface area contributed by atoms with E-state index in [-0.39, 0.29) is 5.41 Å². The van der Waals surface area contributed by atoms with Gasteiger partial charge in [-0.1, -0.05) is 19.4 Å².